The number of hydrogen-bond donors (Lipinski definition) is 1. The van der Waals surface area contributed by atoms with Crippen molar-refractivity contribution in [2.75, 3.05) is 20.1 Å². The molecule has 1 saturated heterocycles. The molecule has 1 heterocycles. The lowest BCUT2D eigenvalue weighted by molar-refractivity contribution is 0.0729. The third-order valence-corrected chi connectivity index (χ3v) is 2.61. The molecule has 0 bridgehead atoms. The molecule has 2 fully saturated rings. The zero-order valence-electron chi connectivity index (χ0n) is 8.17. The Morgan fingerprint density at radius 2 is 2.38 bits per heavy atom. The summed E-state index contributed by atoms with van der Waals surface area (Å²) in [7, 11) is 1.87. The third-order valence-electron chi connectivity index (χ3n) is 2.61. The van der Waals surface area contributed by atoms with Gasteiger partial charge in [0.1, 0.15) is 5.60 Å². The average Bonchev–Trinajstić information content (AvgIpc) is 2.79. The standard InChI is InChI=1S/C9H16N2O2/c1-9(5-10-2)6-11(7-3-4-7)8(12)13-9/h7,10H,3-6H2,1-2H3. The van der Waals surface area contributed by atoms with Crippen molar-refractivity contribution in [3.8, 4) is 0 Å². The summed E-state index contributed by atoms with van der Waals surface area (Å²) in [6, 6.07) is 0.464. The lowest BCUT2D eigenvalue weighted by Crippen LogP contribution is -2.40. The summed E-state index contributed by atoms with van der Waals surface area (Å²) in [6.07, 6.45) is 2.15. The fourth-order valence-corrected chi connectivity index (χ4v) is 1.86. The third kappa shape index (κ3) is 1.63. The molecular formula is C9H16N2O2. The van der Waals surface area contributed by atoms with Crippen molar-refractivity contribution in [2.45, 2.75) is 31.4 Å². The van der Waals surface area contributed by atoms with Gasteiger partial charge in [0.15, 0.2) is 0 Å². The first-order chi connectivity index (χ1) is 6.14. The van der Waals surface area contributed by atoms with Gasteiger partial charge in [-0.05, 0) is 26.8 Å². The van der Waals surface area contributed by atoms with Gasteiger partial charge in [0, 0.05) is 12.6 Å². The quantitative estimate of drug-likeness (QED) is 0.697. The molecule has 0 spiro atoms. The van der Waals surface area contributed by atoms with Gasteiger partial charge >= 0.3 is 6.09 Å². The number of ether oxygens (including phenoxy) is 1. The van der Waals surface area contributed by atoms with E-state index in [0.717, 1.165) is 25.9 Å². The number of carbonyl (C=O) groups excluding carboxylic acids is 1. The van der Waals surface area contributed by atoms with Crippen LogP contribution in [0.3, 0.4) is 0 Å². The highest BCUT2D eigenvalue weighted by Crippen LogP contribution is 2.33. The van der Waals surface area contributed by atoms with E-state index in [2.05, 4.69) is 5.32 Å². The minimum absolute atomic E-state index is 0.139. The van der Waals surface area contributed by atoms with Gasteiger partial charge in [-0.2, -0.15) is 0 Å². The van der Waals surface area contributed by atoms with Crippen LogP contribution in [-0.2, 0) is 4.74 Å². The number of rotatable bonds is 3. The second kappa shape index (κ2) is 2.87. The van der Waals surface area contributed by atoms with Gasteiger partial charge in [-0.1, -0.05) is 0 Å². The van der Waals surface area contributed by atoms with E-state index in [4.69, 9.17) is 4.74 Å². The molecule has 1 unspecified atom stereocenters. The highest BCUT2D eigenvalue weighted by molar-refractivity contribution is 5.71. The number of hydrogen-bond acceptors (Lipinski definition) is 3. The van der Waals surface area contributed by atoms with Crippen molar-refractivity contribution in [3.63, 3.8) is 0 Å². The van der Waals surface area contributed by atoms with Crippen molar-refractivity contribution < 1.29 is 9.53 Å². The van der Waals surface area contributed by atoms with Crippen LogP contribution in [0.25, 0.3) is 0 Å². The maximum absolute atomic E-state index is 11.4. The van der Waals surface area contributed by atoms with E-state index < -0.39 is 0 Å². The number of likely N-dealkylation sites (N-methyl/N-ethyl adjacent to an activating group) is 1. The van der Waals surface area contributed by atoms with Gasteiger partial charge in [0.25, 0.3) is 0 Å². The lowest BCUT2D eigenvalue weighted by Gasteiger charge is -2.20. The highest BCUT2D eigenvalue weighted by atomic mass is 16.6. The van der Waals surface area contributed by atoms with E-state index in [1.165, 1.54) is 0 Å². The maximum atomic E-state index is 11.4. The maximum Gasteiger partial charge on any atom is 0.410 e. The fourth-order valence-electron chi connectivity index (χ4n) is 1.86. The van der Waals surface area contributed by atoms with Crippen LogP contribution in [0.4, 0.5) is 4.79 Å². The second-order valence-corrected chi connectivity index (χ2v) is 4.21. The average molecular weight is 184 g/mol. The van der Waals surface area contributed by atoms with Gasteiger partial charge in [0.05, 0.1) is 6.54 Å². The molecule has 1 N–H and O–H groups in total. The molecule has 13 heavy (non-hydrogen) atoms. The van der Waals surface area contributed by atoms with Crippen molar-refractivity contribution in [1.82, 2.24) is 10.2 Å². The van der Waals surface area contributed by atoms with Crippen LogP contribution in [0.1, 0.15) is 19.8 Å². The van der Waals surface area contributed by atoms with E-state index in [1.54, 1.807) is 0 Å². The number of amides is 1. The van der Waals surface area contributed by atoms with E-state index in [0.29, 0.717) is 6.04 Å². The summed E-state index contributed by atoms with van der Waals surface area (Å²) in [5.74, 6) is 0. The Labute approximate surface area is 78.2 Å². The molecule has 4 heteroatoms. The molecule has 0 aromatic heterocycles. The van der Waals surface area contributed by atoms with Crippen molar-refractivity contribution in [2.24, 2.45) is 0 Å². The van der Waals surface area contributed by atoms with E-state index in [1.807, 2.05) is 18.9 Å². The fraction of sp³-hybridized carbons (Fsp3) is 0.889. The topological polar surface area (TPSA) is 41.6 Å². The Morgan fingerprint density at radius 3 is 2.92 bits per heavy atom. The number of nitrogens with zero attached hydrogens (tertiary/aromatic N) is 1. The van der Waals surface area contributed by atoms with Crippen LogP contribution in [0.2, 0.25) is 0 Å². The molecule has 1 aliphatic heterocycles. The summed E-state index contributed by atoms with van der Waals surface area (Å²) in [5, 5.41) is 3.05. The van der Waals surface area contributed by atoms with Crippen molar-refractivity contribution in [1.29, 1.82) is 0 Å². The Morgan fingerprint density at radius 1 is 1.69 bits per heavy atom. The minimum Gasteiger partial charge on any atom is -0.440 e. The van der Waals surface area contributed by atoms with Gasteiger partial charge in [-0.25, -0.2) is 4.79 Å². The van der Waals surface area contributed by atoms with E-state index >= 15 is 0 Å². The Hall–Kier alpha value is -0.770. The summed E-state index contributed by atoms with van der Waals surface area (Å²) >= 11 is 0. The van der Waals surface area contributed by atoms with Crippen LogP contribution >= 0.6 is 0 Å². The Bertz CT molecular complexity index is 228. The molecule has 1 amide bonds. The molecule has 1 aliphatic carbocycles. The predicted octanol–water partition coefficient (Wildman–Crippen LogP) is 0.579. The summed E-state index contributed by atoms with van der Waals surface area (Å²) < 4.78 is 5.33. The zero-order chi connectivity index (χ0) is 9.47. The molecular weight excluding hydrogens is 168 g/mol. The number of nitrogens with one attached hydrogen (secondary N) is 1. The molecule has 4 nitrogen and oxygen atoms in total. The smallest absolute Gasteiger partial charge is 0.410 e. The first-order valence-electron chi connectivity index (χ1n) is 4.79. The van der Waals surface area contributed by atoms with Crippen LogP contribution in [0.15, 0.2) is 0 Å². The van der Waals surface area contributed by atoms with Gasteiger partial charge in [-0.15, -0.1) is 0 Å². The Kier molecular flexibility index (Phi) is 1.95. The van der Waals surface area contributed by atoms with Gasteiger partial charge in [-0.3, -0.25) is 0 Å². The number of carbonyl (C=O) groups is 1. The summed E-state index contributed by atoms with van der Waals surface area (Å²) in [6.45, 7) is 3.43. The first-order valence-corrected chi connectivity index (χ1v) is 4.79. The van der Waals surface area contributed by atoms with Crippen molar-refractivity contribution >= 4 is 6.09 Å². The van der Waals surface area contributed by atoms with E-state index in [9.17, 15) is 4.79 Å². The molecule has 0 radical (unpaired) electrons. The molecule has 0 aromatic carbocycles. The van der Waals surface area contributed by atoms with Crippen LogP contribution in [0.5, 0.6) is 0 Å². The van der Waals surface area contributed by atoms with Gasteiger partial charge < -0.3 is 15.0 Å². The minimum atomic E-state index is -0.325. The Balaban J connectivity index is 2.00. The number of cyclic esters (lactones) is 1. The molecule has 1 saturated carbocycles. The normalized spacial score (nSPS) is 33.7. The van der Waals surface area contributed by atoms with Gasteiger partial charge in [0.2, 0.25) is 0 Å². The zero-order valence-corrected chi connectivity index (χ0v) is 8.17. The SMILES string of the molecule is CNCC1(C)CN(C2CC2)C(=O)O1. The second-order valence-electron chi connectivity index (χ2n) is 4.21. The predicted molar refractivity (Wildman–Crippen MR) is 48.5 cm³/mol. The summed E-state index contributed by atoms with van der Waals surface area (Å²) in [4.78, 5) is 13.3. The lowest BCUT2D eigenvalue weighted by atomic mass is 10.1. The molecule has 1 atom stereocenters. The largest absolute Gasteiger partial charge is 0.440 e. The monoisotopic (exact) mass is 184 g/mol. The summed E-state index contributed by atoms with van der Waals surface area (Å²) in [5.41, 5.74) is -0.325. The van der Waals surface area contributed by atoms with Crippen LogP contribution in [0, 0.1) is 0 Å². The molecule has 0 aromatic rings. The van der Waals surface area contributed by atoms with Crippen LogP contribution < -0.4 is 5.32 Å². The van der Waals surface area contributed by atoms with Crippen LogP contribution in [-0.4, -0.2) is 42.8 Å². The highest BCUT2D eigenvalue weighted by Gasteiger charge is 2.46. The molecule has 74 valence electrons. The molecule has 2 aliphatic rings. The van der Waals surface area contributed by atoms with Crippen molar-refractivity contribution in [3.05, 3.63) is 0 Å². The molecule has 2 rings (SSSR count). The first kappa shape index (κ1) is 8.81. The van der Waals surface area contributed by atoms with E-state index in [-0.39, 0.29) is 11.7 Å².